The molecular formula is C16H30O. The van der Waals surface area contributed by atoms with Crippen LogP contribution in [0.25, 0.3) is 0 Å². The van der Waals surface area contributed by atoms with Gasteiger partial charge in [0.1, 0.15) is 6.61 Å². The Labute approximate surface area is 108 Å². The lowest BCUT2D eigenvalue weighted by molar-refractivity contribution is 0.288. The summed E-state index contributed by atoms with van der Waals surface area (Å²) in [6, 6.07) is 0. The van der Waals surface area contributed by atoms with Crippen LogP contribution in [0.1, 0.15) is 71.6 Å². The molecule has 0 spiro atoms. The number of hydrogen-bond donors (Lipinski definition) is 0. The van der Waals surface area contributed by atoms with Crippen LogP contribution in [-0.2, 0) is 4.74 Å². The van der Waals surface area contributed by atoms with E-state index in [9.17, 15) is 0 Å². The van der Waals surface area contributed by atoms with Crippen LogP contribution in [0.5, 0.6) is 0 Å². The Morgan fingerprint density at radius 2 is 1.47 bits per heavy atom. The molecule has 0 aromatic rings. The average Bonchev–Trinajstić information content (AvgIpc) is 2.35. The van der Waals surface area contributed by atoms with Crippen LogP contribution in [0.2, 0.25) is 0 Å². The molecule has 1 nitrogen and oxygen atoms in total. The van der Waals surface area contributed by atoms with Gasteiger partial charge in [-0.15, -0.1) is 0 Å². The molecule has 0 aliphatic rings. The van der Waals surface area contributed by atoms with Crippen molar-refractivity contribution in [1.82, 2.24) is 0 Å². The lowest BCUT2D eigenvalue weighted by Crippen LogP contribution is -1.81. The van der Waals surface area contributed by atoms with Crippen LogP contribution in [0.3, 0.4) is 0 Å². The van der Waals surface area contributed by atoms with Crippen molar-refractivity contribution in [2.24, 2.45) is 0 Å². The van der Waals surface area contributed by atoms with Crippen molar-refractivity contribution in [3.8, 4) is 0 Å². The van der Waals surface area contributed by atoms with Gasteiger partial charge in [-0.1, -0.05) is 64.5 Å². The molecule has 1 heteroatoms. The molecule has 0 unspecified atom stereocenters. The summed E-state index contributed by atoms with van der Waals surface area (Å²) in [5.74, 6) is 0. The Kier molecular flexibility index (Phi) is 14.6. The summed E-state index contributed by atoms with van der Waals surface area (Å²) < 4.78 is 5.36. The predicted molar refractivity (Wildman–Crippen MR) is 77.1 cm³/mol. The Bertz CT molecular complexity index is 182. The first kappa shape index (κ1) is 16.3. The summed E-state index contributed by atoms with van der Waals surface area (Å²) in [7, 11) is 0. The van der Waals surface area contributed by atoms with Crippen LogP contribution >= 0.6 is 0 Å². The van der Waals surface area contributed by atoms with Gasteiger partial charge in [0.25, 0.3) is 0 Å². The van der Waals surface area contributed by atoms with E-state index in [-0.39, 0.29) is 0 Å². The highest BCUT2D eigenvalue weighted by Gasteiger charge is 1.87. The first-order valence-electron chi connectivity index (χ1n) is 7.33. The molecule has 0 aliphatic carbocycles. The monoisotopic (exact) mass is 238 g/mol. The zero-order chi connectivity index (χ0) is 12.6. The standard InChI is InChI=1S/C16H30O/c1-3-5-7-9-10-11-12-14-16-17-15-13-8-6-4-2/h8,13-14,16H,3-7,9-12,15H2,1-2H3/b13-8+,16-14+. The first-order valence-corrected chi connectivity index (χ1v) is 7.33. The minimum Gasteiger partial charge on any atom is -0.497 e. The van der Waals surface area contributed by atoms with E-state index < -0.39 is 0 Å². The fourth-order valence-electron chi connectivity index (χ4n) is 1.64. The number of allylic oxidation sites excluding steroid dienone is 2. The molecule has 0 saturated carbocycles. The third-order valence-electron chi connectivity index (χ3n) is 2.73. The van der Waals surface area contributed by atoms with E-state index in [4.69, 9.17) is 4.74 Å². The van der Waals surface area contributed by atoms with Crippen molar-refractivity contribution >= 4 is 0 Å². The molecule has 0 bridgehead atoms. The molecule has 0 aliphatic heterocycles. The van der Waals surface area contributed by atoms with Gasteiger partial charge in [-0.25, -0.2) is 0 Å². The number of hydrogen-bond acceptors (Lipinski definition) is 1. The lowest BCUT2D eigenvalue weighted by atomic mass is 10.1. The molecule has 0 heterocycles. The summed E-state index contributed by atoms with van der Waals surface area (Å²) in [4.78, 5) is 0. The molecule has 0 aromatic carbocycles. The van der Waals surface area contributed by atoms with Gasteiger partial charge in [0, 0.05) is 0 Å². The third kappa shape index (κ3) is 15.3. The zero-order valence-electron chi connectivity index (χ0n) is 11.8. The van der Waals surface area contributed by atoms with Gasteiger partial charge in [0.2, 0.25) is 0 Å². The Hall–Kier alpha value is -0.720. The summed E-state index contributed by atoms with van der Waals surface area (Å²) in [6.07, 6.45) is 20.0. The van der Waals surface area contributed by atoms with Crippen LogP contribution < -0.4 is 0 Å². The third-order valence-corrected chi connectivity index (χ3v) is 2.73. The largest absolute Gasteiger partial charge is 0.497 e. The number of ether oxygens (including phenoxy) is 1. The topological polar surface area (TPSA) is 9.23 Å². The summed E-state index contributed by atoms with van der Waals surface area (Å²) in [6.45, 7) is 5.16. The molecule has 0 N–H and O–H groups in total. The van der Waals surface area contributed by atoms with Gasteiger partial charge in [-0.05, 0) is 25.3 Å². The molecule has 0 aromatic heterocycles. The van der Waals surface area contributed by atoms with Gasteiger partial charge in [-0.3, -0.25) is 0 Å². The van der Waals surface area contributed by atoms with E-state index in [2.05, 4.69) is 32.1 Å². The Balaban J connectivity index is 3.09. The highest BCUT2D eigenvalue weighted by atomic mass is 16.5. The second kappa shape index (κ2) is 15.3. The van der Waals surface area contributed by atoms with Crippen LogP contribution in [0.4, 0.5) is 0 Å². The smallest absolute Gasteiger partial charge is 0.105 e. The SMILES string of the molecule is CCC/C=C/CO/C=C/CCCCCCCC. The van der Waals surface area contributed by atoms with Gasteiger partial charge in [-0.2, -0.15) is 0 Å². The number of rotatable bonds is 12. The minimum absolute atomic E-state index is 0.715. The van der Waals surface area contributed by atoms with Gasteiger partial charge in [0.05, 0.1) is 6.26 Å². The second-order valence-electron chi connectivity index (χ2n) is 4.52. The molecule has 0 radical (unpaired) electrons. The first-order chi connectivity index (χ1) is 8.41. The predicted octanol–water partition coefficient (Wildman–Crippen LogP) is 5.62. The molecule has 0 amide bonds. The van der Waals surface area contributed by atoms with E-state index in [1.54, 1.807) is 0 Å². The average molecular weight is 238 g/mol. The van der Waals surface area contributed by atoms with E-state index in [1.165, 1.54) is 44.9 Å². The van der Waals surface area contributed by atoms with Crippen molar-refractivity contribution in [3.05, 3.63) is 24.5 Å². The fraction of sp³-hybridized carbons (Fsp3) is 0.750. The molecule has 0 fully saturated rings. The molecular weight excluding hydrogens is 208 g/mol. The van der Waals surface area contributed by atoms with Crippen LogP contribution in [0, 0.1) is 0 Å². The molecule has 0 rings (SSSR count). The Morgan fingerprint density at radius 1 is 0.706 bits per heavy atom. The van der Waals surface area contributed by atoms with Gasteiger partial charge < -0.3 is 4.74 Å². The highest BCUT2D eigenvalue weighted by Crippen LogP contribution is 2.07. The molecule has 17 heavy (non-hydrogen) atoms. The number of unbranched alkanes of at least 4 members (excludes halogenated alkanes) is 7. The van der Waals surface area contributed by atoms with E-state index >= 15 is 0 Å². The van der Waals surface area contributed by atoms with Gasteiger partial charge in [0.15, 0.2) is 0 Å². The maximum atomic E-state index is 5.36. The maximum Gasteiger partial charge on any atom is 0.105 e. The quantitative estimate of drug-likeness (QED) is 0.243. The molecule has 0 atom stereocenters. The van der Waals surface area contributed by atoms with Gasteiger partial charge >= 0.3 is 0 Å². The summed E-state index contributed by atoms with van der Waals surface area (Å²) >= 11 is 0. The van der Waals surface area contributed by atoms with Crippen LogP contribution in [-0.4, -0.2) is 6.61 Å². The van der Waals surface area contributed by atoms with Crippen molar-refractivity contribution < 1.29 is 4.74 Å². The highest BCUT2D eigenvalue weighted by molar-refractivity contribution is 4.82. The maximum absolute atomic E-state index is 5.36. The summed E-state index contributed by atoms with van der Waals surface area (Å²) in [5.41, 5.74) is 0. The normalized spacial score (nSPS) is 11.6. The second-order valence-corrected chi connectivity index (χ2v) is 4.52. The fourth-order valence-corrected chi connectivity index (χ4v) is 1.64. The van der Waals surface area contributed by atoms with Crippen molar-refractivity contribution in [2.45, 2.75) is 71.6 Å². The van der Waals surface area contributed by atoms with Crippen LogP contribution in [0.15, 0.2) is 24.5 Å². The Morgan fingerprint density at radius 3 is 2.24 bits per heavy atom. The van der Waals surface area contributed by atoms with Crippen molar-refractivity contribution in [1.29, 1.82) is 0 Å². The summed E-state index contributed by atoms with van der Waals surface area (Å²) in [5, 5.41) is 0. The van der Waals surface area contributed by atoms with E-state index in [0.717, 1.165) is 12.8 Å². The van der Waals surface area contributed by atoms with Crippen molar-refractivity contribution in [3.63, 3.8) is 0 Å². The van der Waals surface area contributed by atoms with Crippen molar-refractivity contribution in [2.75, 3.05) is 6.61 Å². The lowest BCUT2D eigenvalue weighted by Gasteiger charge is -1.98. The van der Waals surface area contributed by atoms with E-state index in [0.29, 0.717) is 6.61 Å². The molecule has 0 saturated heterocycles. The zero-order valence-corrected chi connectivity index (χ0v) is 11.8. The molecule has 100 valence electrons. The minimum atomic E-state index is 0.715. The van der Waals surface area contributed by atoms with E-state index in [1.807, 2.05) is 6.26 Å².